The third-order valence-electron chi connectivity index (χ3n) is 4.46. The molecule has 1 aliphatic rings. The van der Waals surface area contributed by atoms with Crippen molar-refractivity contribution in [2.24, 2.45) is 0 Å². The summed E-state index contributed by atoms with van der Waals surface area (Å²) in [5.74, 6) is -2.89. The third kappa shape index (κ3) is 4.02. The molecule has 0 unspecified atom stereocenters. The molecule has 3 aromatic rings. The number of aromatic nitrogens is 1. The number of fused-ring (bicyclic) bond motifs is 1. The van der Waals surface area contributed by atoms with Crippen molar-refractivity contribution in [2.45, 2.75) is 19.3 Å². The summed E-state index contributed by atoms with van der Waals surface area (Å²) in [5.41, 5.74) is 0.682. The van der Waals surface area contributed by atoms with Crippen LogP contribution in [0, 0.1) is 0 Å². The van der Waals surface area contributed by atoms with Crippen LogP contribution in [0.25, 0.3) is 9.53 Å². The van der Waals surface area contributed by atoms with Crippen molar-refractivity contribution in [1.82, 2.24) is 4.98 Å². The molecule has 0 saturated carbocycles. The molecule has 1 saturated heterocycles. The van der Waals surface area contributed by atoms with Crippen LogP contribution in [0.2, 0.25) is 0 Å². The van der Waals surface area contributed by atoms with Crippen molar-refractivity contribution in [3.05, 3.63) is 46.3 Å². The SMILES string of the molecule is CC(F)(F)c1ccc(CC(=O)c2cc3sc(N4CCOCC4)nc3s2)cc1. The molecule has 4 nitrogen and oxygen atoms in total. The van der Waals surface area contributed by atoms with Gasteiger partial charge in [0.15, 0.2) is 10.9 Å². The van der Waals surface area contributed by atoms with Crippen molar-refractivity contribution < 1.29 is 18.3 Å². The molecule has 2 aromatic heterocycles. The molecule has 4 rings (SSSR count). The zero-order chi connectivity index (χ0) is 19.0. The smallest absolute Gasteiger partial charge is 0.270 e. The molecule has 0 amide bonds. The summed E-state index contributed by atoms with van der Waals surface area (Å²) in [7, 11) is 0. The number of thiazole rings is 1. The molecule has 0 spiro atoms. The van der Waals surface area contributed by atoms with Gasteiger partial charge < -0.3 is 9.64 Å². The van der Waals surface area contributed by atoms with Gasteiger partial charge in [0.1, 0.15) is 4.83 Å². The summed E-state index contributed by atoms with van der Waals surface area (Å²) < 4.78 is 32.9. The predicted octanol–water partition coefficient (Wildman–Crippen LogP) is 4.73. The fourth-order valence-corrected chi connectivity index (χ4v) is 5.14. The number of hydrogen-bond donors (Lipinski definition) is 0. The lowest BCUT2D eigenvalue weighted by Gasteiger charge is -2.25. The summed E-state index contributed by atoms with van der Waals surface area (Å²) in [6.45, 7) is 3.95. The fraction of sp³-hybridized carbons (Fsp3) is 0.368. The Balaban J connectivity index is 1.47. The molecule has 3 heterocycles. The van der Waals surface area contributed by atoms with E-state index >= 15 is 0 Å². The van der Waals surface area contributed by atoms with Crippen molar-refractivity contribution in [1.29, 1.82) is 0 Å². The second-order valence-electron chi connectivity index (χ2n) is 6.56. The lowest BCUT2D eigenvalue weighted by molar-refractivity contribution is 0.0174. The molecule has 0 atom stereocenters. The molecule has 8 heteroatoms. The normalized spacial score (nSPS) is 15.4. The van der Waals surface area contributed by atoms with Crippen LogP contribution in [0.3, 0.4) is 0 Å². The average Bonchev–Trinajstić information content (AvgIpc) is 3.21. The topological polar surface area (TPSA) is 42.4 Å². The van der Waals surface area contributed by atoms with E-state index in [9.17, 15) is 13.6 Å². The number of ketones is 1. The fourth-order valence-electron chi connectivity index (χ4n) is 2.94. The van der Waals surface area contributed by atoms with E-state index < -0.39 is 5.92 Å². The van der Waals surface area contributed by atoms with E-state index in [1.807, 2.05) is 6.07 Å². The van der Waals surface area contributed by atoms with E-state index in [4.69, 9.17) is 4.74 Å². The van der Waals surface area contributed by atoms with Gasteiger partial charge in [0, 0.05) is 32.0 Å². The van der Waals surface area contributed by atoms with Gasteiger partial charge in [-0.2, -0.15) is 0 Å². The summed E-state index contributed by atoms with van der Waals surface area (Å²) in [5, 5.41) is 0.967. The number of carbonyl (C=O) groups is 1. The van der Waals surface area contributed by atoms with Crippen LogP contribution < -0.4 is 4.90 Å². The number of thiophene rings is 1. The van der Waals surface area contributed by atoms with Gasteiger partial charge in [-0.05, 0) is 11.6 Å². The number of alkyl halides is 2. The maximum absolute atomic E-state index is 13.3. The summed E-state index contributed by atoms with van der Waals surface area (Å²) in [6.07, 6.45) is 0.194. The van der Waals surface area contributed by atoms with E-state index in [0.29, 0.717) is 18.1 Å². The molecule has 0 N–H and O–H groups in total. The number of hydrogen-bond acceptors (Lipinski definition) is 6. The summed E-state index contributed by atoms with van der Waals surface area (Å²) >= 11 is 2.98. The summed E-state index contributed by atoms with van der Waals surface area (Å²) in [6, 6.07) is 7.83. The largest absolute Gasteiger partial charge is 0.378 e. The zero-order valence-corrected chi connectivity index (χ0v) is 16.3. The van der Waals surface area contributed by atoms with Gasteiger partial charge in [0.2, 0.25) is 0 Å². The Bertz CT molecular complexity index is 923. The number of ether oxygens (including phenoxy) is 1. The van der Waals surface area contributed by atoms with Crippen molar-refractivity contribution >= 4 is 43.1 Å². The van der Waals surface area contributed by atoms with Crippen molar-refractivity contribution in [3.8, 4) is 0 Å². The molecule has 0 bridgehead atoms. The molecule has 142 valence electrons. The highest BCUT2D eigenvalue weighted by Gasteiger charge is 2.24. The molecule has 27 heavy (non-hydrogen) atoms. The molecule has 0 aliphatic carbocycles. The Morgan fingerprint density at radius 2 is 1.93 bits per heavy atom. The monoisotopic (exact) mass is 408 g/mol. The van der Waals surface area contributed by atoms with Crippen LogP contribution >= 0.6 is 22.7 Å². The first-order valence-electron chi connectivity index (χ1n) is 8.64. The highest BCUT2D eigenvalue weighted by Crippen LogP contribution is 2.35. The number of morpholine rings is 1. The second kappa shape index (κ2) is 7.26. The van der Waals surface area contributed by atoms with E-state index in [-0.39, 0.29) is 17.8 Å². The maximum Gasteiger partial charge on any atom is 0.270 e. The molecule has 1 aromatic carbocycles. The number of anilines is 1. The Kier molecular flexibility index (Phi) is 4.96. The second-order valence-corrected chi connectivity index (χ2v) is 8.60. The van der Waals surface area contributed by atoms with Gasteiger partial charge in [0.25, 0.3) is 5.92 Å². The molecule has 1 aliphatic heterocycles. The highest BCUT2D eigenvalue weighted by atomic mass is 32.1. The first kappa shape index (κ1) is 18.5. The van der Waals surface area contributed by atoms with Crippen LogP contribution in [-0.4, -0.2) is 37.1 Å². The van der Waals surface area contributed by atoms with Gasteiger partial charge >= 0.3 is 0 Å². The van der Waals surface area contributed by atoms with Crippen LogP contribution in [0.5, 0.6) is 0 Å². The van der Waals surface area contributed by atoms with Crippen LogP contribution in [0.1, 0.15) is 27.7 Å². The molecular formula is C19H18F2N2O2S2. The first-order valence-corrected chi connectivity index (χ1v) is 10.3. The molecule has 1 fully saturated rings. The van der Waals surface area contributed by atoms with Gasteiger partial charge in [-0.25, -0.2) is 13.8 Å². The van der Waals surface area contributed by atoms with Crippen LogP contribution in [0.15, 0.2) is 30.3 Å². The lowest BCUT2D eigenvalue weighted by Crippen LogP contribution is -2.36. The van der Waals surface area contributed by atoms with Crippen LogP contribution in [-0.2, 0) is 17.1 Å². The summed E-state index contributed by atoms with van der Waals surface area (Å²) in [4.78, 5) is 20.9. The van der Waals surface area contributed by atoms with E-state index in [2.05, 4.69) is 9.88 Å². The number of halogens is 2. The number of Topliss-reactive ketones (excluding diaryl/α,β-unsaturated/α-hetero) is 1. The van der Waals surface area contributed by atoms with E-state index in [1.165, 1.54) is 23.5 Å². The average molecular weight is 408 g/mol. The minimum Gasteiger partial charge on any atom is -0.378 e. The molecular weight excluding hydrogens is 390 g/mol. The number of nitrogens with zero attached hydrogens (tertiary/aromatic N) is 2. The minimum absolute atomic E-state index is 0.0193. The van der Waals surface area contributed by atoms with Gasteiger partial charge in [-0.3, -0.25) is 4.79 Å². The first-order chi connectivity index (χ1) is 12.9. The Morgan fingerprint density at radius 1 is 1.22 bits per heavy atom. The molecule has 0 radical (unpaired) electrons. The van der Waals surface area contributed by atoms with E-state index in [0.717, 1.165) is 40.2 Å². The van der Waals surface area contributed by atoms with Gasteiger partial charge in [-0.1, -0.05) is 35.6 Å². The standard InChI is InChI=1S/C19H18F2N2O2S2/c1-19(20,21)13-4-2-12(3-5-13)10-14(24)15-11-16-17(26-15)22-18(27-16)23-6-8-25-9-7-23/h2-5,11H,6-10H2,1H3. The maximum atomic E-state index is 13.3. The van der Waals surface area contributed by atoms with Crippen molar-refractivity contribution in [3.63, 3.8) is 0 Å². The third-order valence-corrected chi connectivity index (χ3v) is 6.72. The van der Waals surface area contributed by atoms with Gasteiger partial charge in [-0.15, -0.1) is 11.3 Å². The number of carbonyl (C=O) groups excluding carboxylic acids is 1. The minimum atomic E-state index is -2.87. The van der Waals surface area contributed by atoms with Crippen LogP contribution in [0.4, 0.5) is 13.9 Å². The highest BCUT2D eigenvalue weighted by molar-refractivity contribution is 7.29. The van der Waals surface area contributed by atoms with Gasteiger partial charge in [0.05, 0.1) is 22.8 Å². The predicted molar refractivity (Wildman–Crippen MR) is 105 cm³/mol. The Morgan fingerprint density at radius 3 is 2.56 bits per heavy atom. The lowest BCUT2D eigenvalue weighted by atomic mass is 10.0. The van der Waals surface area contributed by atoms with E-state index in [1.54, 1.807) is 23.5 Å². The zero-order valence-electron chi connectivity index (χ0n) is 14.7. The Hall–Kier alpha value is -1.90. The van der Waals surface area contributed by atoms with Crippen molar-refractivity contribution in [2.75, 3.05) is 31.2 Å². The quantitative estimate of drug-likeness (QED) is 0.573. The number of benzene rings is 1. The number of rotatable bonds is 5. The Labute approximate surface area is 163 Å².